The van der Waals surface area contributed by atoms with E-state index in [0.29, 0.717) is 38.2 Å². The highest BCUT2D eigenvalue weighted by atomic mass is 16.5. The molecule has 33 heavy (non-hydrogen) atoms. The average molecular weight is 469 g/mol. The summed E-state index contributed by atoms with van der Waals surface area (Å²) in [6.45, 7) is 5.26. The third kappa shape index (κ3) is 15.1. The van der Waals surface area contributed by atoms with Crippen molar-refractivity contribution in [2.24, 2.45) is 0 Å². The van der Waals surface area contributed by atoms with E-state index in [1.807, 2.05) is 6.92 Å². The van der Waals surface area contributed by atoms with E-state index in [1.54, 1.807) is 24.3 Å². The Bertz CT molecular complexity index is 653. The molecule has 1 aromatic rings. The number of carbonyl (C=O) groups excluding carboxylic acids is 3. The van der Waals surface area contributed by atoms with E-state index < -0.39 is 6.10 Å². The fourth-order valence-corrected chi connectivity index (χ4v) is 2.76. The van der Waals surface area contributed by atoms with Gasteiger partial charge in [-0.05, 0) is 37.5 Å². The monoisotopic (exact) mass is 468 g/mol. The van der Waals surface area contributed by atoms with Crippen molar-refractivity contribution in [3.05, 3.63) is 29.8 Å². The summed E-state index contributed by atoms with van der Waals surface area (Å²) >= 11 is 0. The Morgan fingerprint density at radius 3 is 2.36 bits per heavy atom. The number of ether oxygens (including phenoxy) is 2. The predicted molar refractivity (Wildman–Crippen MR) is 127 cm³/mol. The van der Waals surface area contributed by atoms with Gasteiger partial charge < -0.3 is 29.9 Å². The van der Waals surface area contributed by atoms with E-state index in [9.17, 15) is 19.5 Å². The molecule has 0 aromatic heterocycles. The Balaban J connectivity index is 0.000000728. The summed E-state index contributed by atoms with van der Waals surface area (Å²) in [6.07, 6.45) is 5.16. The van der Waals surface area contributed by atoms with Gasteiger partial charge in [-0.25, -0.2) is 0 Å². The average Bonchev–Trinajstić information content (AvgIpc) is 2.84. The highest BCUT2D eigenvalue weighted by molar-refractivity contribution is 5.88. The van der Waals surface area contributed by atoms with Gasteiger partial charge in [-0.2, -0.15) is 0 Å². The molecule has 0 radical (unpaired) electrons. The van der Waals surface area contributed by atoms with Crippen molar-refractivity contribution in [1.82, 2.24) is 5.32 Å². The molecular weight excluding hydrogens is 428 g/mol. The highest BCUT2D eigenvalue weighted by Gasteiger charge is 2.11. The van der Waals surface area contributed by atoms with Crippen LogP contribution in [0.1, 0.15) is 64.0 Å². The number of nitrogens with zero attached hydrogens (tertiary/aromatic N) is 1. The molecule has 188 valence electrons. The molecule has 0 spiro atoms. The molecule has 1 atom stereocenters. The molecule has 9 nitrogen and oxygen atoms in total. The largest absolute Gasteiger partial charge is 0.463 e. The normalized spacial score (nSPS) is 11.1. The number of hydrogen-bond acceptors (Lipinski definition) is 7. The minimum atomic E-state index is -0.478. The lowest BCUT2D eigenvalue weighted by atomic mass is 10.0. The lowest BCUT2D eigenvalue weighted by molar-refractivity contribution is -0.145. The standard InChI is InChI=1S/C16H24N2O3.C8H16O4/c1-3-4-5-6-15(20)13-7-9-14(10-8-13)18(12-19)11-16(21)17-2;1-2-11-6-3-4-8(10)12-7-5-9/h7-10,12,15,20H,3-6,11H2,1-2H3,(H,17,21);9H,2-7H2,1H3. The number of rotatable bonds is 16. The minimum absolute atomic E-state index is 0.0155. The molecule has 0 saturated carbocycles. The Kier molecular flexibility index (Phi) is 18.6. The van der Waals surface area contributed by atoms with Gasteiger partial charge in [-0.1, -0.05) is 38.3 Å². The fourth-order valence-electron chi connectivity index (χ4n) is 2.76. The molecule has 1 rings (SSSR count). The van der Waals surface area contributed by atoms with Crippen LogP contribution < -0.4 is 10.2 Å². The molecular formula is C24H40N2O7. The molecule has 3 N–H and O–H groups in total. The van der Waals surface area contributed by atoms with Crippen LogP contribution in [-0.2, 0) is 23.9 Å². The number of likely N-dealkylation sites (N-methyl/N-ethyl adjacent to an activating group) is 1. The zero-order chi connectivity index (χ0) is 24.9. The van der Waals surface area contributed by atoms with Gasteiger partial charge in [0, 0.05) is 32.4 Å². The van der Waals surface area contributed by atoms with Gasteiger partial charge in [0.1, 0.15) is 13.2 Å². The minimum Gasteiger partial charge on any atom is -0.463 e. The number of anilines is 1. The second kappa shape index (κ2) is 20.1. The first-order valence-electron chi connectivity index (χ1n) is 11.5. The van der Waals surface area contributed by atoms with Gasteiger partial charge in [0.15, 0.2) is 0 Å². The van der Waals surface area contributed by atoms with Crippen molar-refractivity contribution in [2.45, 2.75) is 58.5 Å². The van der Waals surface area contributed by atoms with Gasteiger partial charge >= 0.3 is 5.97 Å². The number of unbranched alkanes of at least 4 members (excludes halogenated alkanes) is 2. The summed E-state index contributed by atoms with van der Waals surface area (Å²) in [5, 5.41) is 20.9. The maximum Gasteiger partial charge on any atom is 0.305 e. The molecule has 9 heteroatoms. The molecule has 2 amide bonds. The third-order valence-corrected chi connectivity index (χ3v) is 4.64. The van der Waals surface area contributed by atoms with E-state index in [2.05, 4.69) is 17.0 Å². The number of esters is 1. The van der Waals surface area contributed by atoms with Crippen molar-refractivity contribution in [1.29, 1.82) is 0 Å². The zero-order valence-electron chi connectivity index (χ0n) is 20.1. The highest BCUT2D eigenvalue weighted by Crippen LogP contribution is 2.22. The molecule has 0 heterocycles. The van der Waals surface area contributed by atoms with Crippen LogP contribution in [0.25, 0.3) is 0 Å². The Hall–Kier alpha value is -2.49. The van der Waals surface area contributed by atoms with Crippen LogP contribution >= 0.6 is 0 Å². The quantitative estimate of drug-likeness (QED) is 0.193. The molecule has 0 aliphatic heterocycles. The van der Waals surface area contributed by atoms with Gasteiger partial charge in [-0.15, -0.1) is 0 Å². The van der Waals surface area contributed by atoms with Crippen LogP contribution in [0.5, 0.6) is 0 Å². The Morgan fingerprint density at radius 2 is 1.82 bits per heavy atom. The molecule has 0 aliphatic carbocycles. The summed E-state index contributed by atoms with van der Waals surface area (Å²) in [4.78, 5) is 34.5. The van der Waals surface area contributed by atoms with Crippen molar-refractivity contribution < 1.29 is 34.1 Å². The van der Waals surface area contributed by atoms with E-state index in [-0.39, 0.29) is 31.6 Å². The second-order valence-electron chi connectivity index (χ2n) is 7.25. The molecule has 1 unspecified atom stereocenters. The van der Waals surface area contributed by atoms with Crippen LogP contribution in [0.4, 0.5) is 5.69 Å². The van der Waals surface area contributed by atoms with Gasteiger partial charge in [0.05, 0.1) is 12.7 Å². The van der Waals surface area contributed by atoms with Gasteiger partial charge in [0.2, 0.25) is 12.3 Å². The molecule has 1 aromatic carbocycles. The summed E-state index contributed by atoms with van der Waals surface area (Å²) in [6, 6.07) is 7.09. The summed E-state index contributed by atoms with van der Waals surface area (Å²) in [7, 11) is 1.53. The van der Waals surface area contributed by atoms with Crippen LogP contribution in [0, 0.1) is 0 Å². The van der Waals surface area contributed by atoms with Crippen molar-refractivity contribution >= 4 is 24.0 Å². The van der Waals surface area contributed by atoms with Crippen molar-refractivity contribution in [2.75, 3.05) is 44.9 Å². The van der Waals surface area contributed by atoms with Crippen molar-refractivity contribution in [3.63, 3.8) is 0 Å². The first-order chi connectivity index (χ1) is 15.9. The van der Waals surface area contributed by atoms with Crippen LogP contribution in [0.3, 0.4) is 0 Å². The number of amides is 2. The Morgan fingerprint density at radius 1 is 1.12 bits per heavy atom. The van der Waals surface area contributed by atoms with E-state index in [0.717, 1.165) is 31.2 Å². The van der Waals surface area contributed by atoms with Gasteiger partial charge in [0.25, 0.3) is 0 Å². The lowest BCUT2D eigenvalue weighted by Gasteiger charge is -2.17. The number of carbonyl (C=O) groups is 3. The van der Waals surface area contributed by atoms with Crippen LogP contribution in [0.2, 0.25) is 0 Å². The smallest absolute Gasteiger partial charge is 0.305 e. The molecule has 0 bridgehead atoms. The SMILES string of the molecule is CCCCCC(O)c1ccc(N(C=O)CC(=O)NC)cc1.CCOCCCC(=O)OCCO. The van der Waals surface area contributed by atoms with Crippen LogP contribution in [0.15, 0.2) is 24.3 Å². The predicted octanol–water partition coefficient (Wildman–Crippen LogP) is 2.35. The maximum atomic E-state index is 11.3. The van der Waals surface area contributed by atoms with Crippen molar-refractivity contribution in [3.8, 4) is 0 Å². The maximum absolute atomic E-state index is 11.3. The van der Waals surface area contributed by atoms with Crippen LogP contribution in [-0.4, -0.2) is 68.5 Å². The van der Waals surface area contributed by atoms with E-state index in [4.69, 9.17) is 9.84 Å². The summed E-state index contributed by atoms with van der Waals surface area (Å²) in [5.74, 6) is -0.505. The second-order valence-corrected chi connectivity index (χ2v) is 7.25. The number of aliphatic hydroxyl groups is 2. The molecule has 0 saturated heterocycles. The lowest BCUT2D eigenvalue weighted by Crippen LogP contribution is -2.34. The van der Waals surface area contributed by atoms with Gasteiger partial charge in [-0.3, -0.25) is 14.4 Å². The number of nitrogens with one attached hydrogen (secondary N) is 1. The fraction of sp³-hybridized carbons (Fsp3) is 0.625. The van der Waals surface area contributed by atoms with E-state index in [1.165, 1.54) is 11.9 Å². The number of aliphatic hydroxyl groups excluding tert-OH is 2. The first kappa shape index (κ1) is 30.5. The summed E-state index contributed by atoms with van der Waals surface area (Å²) in [5.41, 5.74) is 1.47. The Labute approximate surface area is 197 Å². The van der Waals surface area contributed by atoms with E-state index >= 15 is 0 Å². The third-order valence-electron chi connectivity index (χ3n) is 4.64. The molecule has 0 aliphatic rings. The zero-order valence-corrected chi connectivity index (χ0v) is 20.1. The number of hydrogen-bond donors (Lipinski definition) is 3. The molecule has 0 fully saturated rings. The topological polar surface area (TPSA) is 125 Å². The summed E-state index contributed by atoms with van der Waals surface area (Å²) < 4.78 is 9.66. The number of benzene rings is 1. The first-order valence-corrected chi connectivity index (χ1v) is 11.5.